The van der Waals surface area contributed by atoms with Gasteiger partial charge >= 0.3 is 0 Å². The van der Waals surface area contributed by atoms with Gasteiger partial charge in [0.05, 0.1) is 13.2 Å². The Bertz CT molecular complexity index is 160. The zero-order valence-electron chi connectivity index (χ0n) is 8.87. The molecule has 1 unspecified atom stereocenters. The topological polar surface area (TPSA) is 52.6 Å². The minimum Gasteiger partial charge on any atom is -0.395 e. The number of nitrogens with zero attached hydrogens (tertiary/aromatic N) is 1. The van der Waals surface area contributed by atoms with Crippen LogP contribution in [0.3, 0.4) is 0 Å². The fraction of sp³-hybridized carbons (Fsp3) is 0.889. The molecule has 2 N–H and O–H groups in total. The van der Waals surface area contributed by atoms with Crippen molar-refractivity contribution in [3.05, 3.63) is 0 Å². The maximum atomic E-state index is 11.2. The lowest BCUT2D eigenvalue weighted by Gasteiger charge is -2.22. The summed E-state index contributed by atoms with van der Waals surface area (Å²) >= 11 is 0. The number of carbonyl (C=O) groups excluding carboxylic acids is 1. The van der Waals surface area contributed by atoms with Crippen LogP contribution in [0.25, 0.3) is 0 Å². The van der Waals surface area contributed by atoms with Crippen LogP contribution in [-0.4, -0.2) is 48.2 Å². The smallest absolute Gasteiger partial charge is 0.234 e. The Balaban J connectivity index is 3.77. The maximum Gasteiger partial charge on any atom is 0.234 e. The number of hydrogen-bond donors (Lipinski definition) is 2. The lowest BCUT2D eigenvalue weighted by Crippen LogP contribution is -2.42. The third kappa shape index (κ3) is 5.60. The molecule has 0 saturated heterocycles. The first-order valence-corrected chi connectivity index (χ1v) is 4.57. The van der Waals surface area contributed by atoms with Gasteiger partial charge in [-0.05, 0) is 27.8 Å². The van der Waals surface area contributed by atoms with Crippen LogP contribution >= 0.6 is 0 Å². The zero-order valence-corrected chi connectivity index (χ0v) is 8.87. The third-order valence-electron chi connectivity index (χ3n) is 1.86. The number of aliphatic hydroxyl groups excluding tert-OH is 1. The summed E-state index contributed by atoms with van der Waals surface area (Å²) in [5.74, 6) is -0.00204. The second kappa shape index (κ2) is 5.94. The molecule has 4 heteroatoms. The van der Waals surface area contributed by atoms with Crippen LogP contribution in [0.4, 0.5) is 0 Å². The second-order valence-corrected chi connectivity index (χ2v) is 3.67. The van der Waals surface area contributed by atoms with Gasteiger partial charge in [0, 0.05) is 12.1 Å². The van der Waals surface area contributed by atoms with Gasteiger partial charge in [0.2, 0.25) is 5.91 Å². The van der Waals surface area contributed by atoms with E-state index in [1.54, 1.807) is 0 Å². The number of rotatable bonds is 5. The van der Waals surface area contributed by atoms with E-state index < -0.39 is 0 Å². The summed E-state index contributed by atoms with van der Waals surface area (Å²) in [5.41, 5.74) is 0. The van der Waals surface area contributed by atoms with Gasteiger partial charge in [-0.15, -0.1) is 0 Å². The lowest BCUT2D eigenvalue weighted by molar-refractivity contribution is -0.123. The van der Waals surface area contributed by atoms with E-state index in [4.69, 9.17) is 5.11 Å². The number of amides is 1. The molecule has 0 bridgehead atoms. The molecule has 0 fully saturated rings. The van der Waals surface area contributed by atoms with Gasteiger partial charge in [-0.3, -0.25) is 9.69 Å². The first-order valence-electron chi connectivity index (χ1n) is 4.57. The second-order valence-electron chi connectivity index (χ2n) is 3.67. The predicted octanol–water partition coefficient (Wildman–Crippen LogP) is -0.176. The Morgan fingerprint density at radius 1 is 1.46 bits per heavy atom. The van der Waals surface area contributed by atoms with E-state index in [-0.39, 0.29) is 24.6 Å². The predicted molar refractivity (Wildman–Crippen MR) is 52.5 cm³/mol. The van der Waals surface area contributed by atoms with Gasteiger partial charge in [-0.2, -0.15) is 0 Å². The van der Waals surface area contributed by atoms with Crippen molar-refractivity contribution in [1.29, 1.82) is 0 Å². The number of aliphatic hydroxyl groups is 1. The molecule has 0 aromatic rings. The van der Waals surface area contributed by atoms with E-state index in [2.05, 4.69) is 5.32 Å². The molecule has 0 aromatic heterocycles. The quantitative estimate of drug-likeness (QED) is 0.629. The Morgan fingerprint density at radius 3 is 2.38 bits per heavy atom. The van der Waals surface area contributed by atoms with Crippen molar-refractivity contribution in [2.45, 2.75) is 32.9 Å². The number of likely N-dealkylation sites (N-methyl/N-ethyl adjacent to an activating group) is 1. The number of hydrogen-bond acceptors (Lipinski definition) is 3. The van der Waals surface area contributed by atoms with Crippen LogP contribution in [-0.2, 0) is 4.79 Å². The highest BCUT2D eigenvalue weighted by Crippen LogP contribution is 1.93. The third-order valence-corrected chi connectivity index (χ3v) is 1.86. The van der Waals surface area contributed by atoms with Gasteiger partial charge in [0.15, 0.2) is 0 Å². The summed E-state index contributed by atoms with van der Waals surface area (Å²) in [5, 5.41) is 11.6. The van der Waals surface area contributed by atoms with Crippen LogP contribution in [0.5, 0.6) is 0 Å². The van der Waals surface area contributed by atoms with Crippen molar-refractivity contribution < 1.29 is 9.90 Å². The fourth-order valence-electron chi connectivity index (χ4n) is 0.889. The van der Waals surface area contributed by atoms with Crippen molar-refractivity contribution in [3.63, 3.8) is 0 Å². The van der Waals surface area contributed by atoms with Gasteiger partial charge in [-0.1, -0.05) is 0 Å². The van der Waals surface area contributed by atoms with Crippen molar-refractivity contribution >= 4 is 5.91 Å². The molecule has 13 heavy (non-hydrogen) atoms. The van der Waals surface area contributed by atoms with Crippen molar-refractivity contribution in [1.82, 2.24) is 10.2 Å². The average Bonchev–Trinajstić information content (AvgIpc) is 2.01. The molecule has 4 nitrogen and oxygen atoms in total. The number of carbonyl (C=O) groups is 1. The van der Waals surface area contributed by atoms with Gasteiger partial charge in [-0.25, -0.2) is 0 Å². The summed E-state index contributed by atoms with van der Waals surface area (Å²) in [7, 11) is 1.82. The highest BCUT2D eigenvalue weighted by atomic mass is 16.3. The molecule has 0 radical (unpaired) electrons. The molecule has 0 aliphatic carbocycles. The highest BCUT2D eigenvalue weighted by molar-refractivity contribution is 5.78. The highest BCUT2D eigenvalue weighted by Gasteiger charge is 2.12. The largest absolute Gasteiger partial charge is 0.395 e. The first kappa shape index (κ1) is 12.4. The SMILES string of the molecule is CC(C)NC(=O)CN(C)C(C)CO. The average molecular weight is 188 g/mol. The van der Waals surface area contributed by atoms with E-state index in [1.807, 2.05) is 32.7 Å². The number of nitrogens with one attached hydrogen (secondary N) is 1. The Hall–Kier alpha value is -0.610. The van der Waals surface area contributed by atoms with E-state index in [0.717, 1.165) is 0 Å². The molecular formula is C9H20N2O2. The zero-order chi connectivity index (χ0) is 10.4. The van der Waals surface area contributed by atoms with E-state index in [1.165, 1.54) is 0 Å². The molecule has 0 rings (SSSR count). The molecule has 1 amide bonds. The molecule has 1 atom stereocenters. The Kier molecular flexibility index (Phi) is 5.66. The molecule has 0 spiro atoms. The standard InChI is InChI=1S/C9H20N2O2/c1-7(2)10-9(13)5-11(4)8(3)6-12/h7-8,12H,5-6H2,1-4H3,(H,10,13). The summed E-state index contributed by atoms with van der Waals surface area (Å²) in [4.78, 5) is 13.1. The lowest BCUT2D eigenvalue weighted by atomic mass is 10.3. The van der Waals surface area contributed by atoms with Gasteiger partial charge in [0.25, 0.3) is 0 Å². The van der Waals surface area contributed by atoms with Crippen LogP contribution < -0.4 is 5.32 Å². The minimum atomic E-state index is -0.00204. The summed E-state index contributed by atoms with van der Waals surface area (Å²) in [6, 6.07) is 0.197. The van der Waals surface area contributed by atoms with Gasteiger partial charge < -0.3 is 10.4 Å². The molecule has 0 aromatic carbocycles. The van der Waals surface area contributed by atoms with E-state index >= 15 is 0 Å². The molecule has 78 valence electrons. The minimum absolute atomic E-state index is 0.00204. The normalized spacial score (nSPS) is 13.5. The molecule has 0 heterocycles. The van der Waals surface area contributed by atoms with Crippen LogP contribution in [0.15, 0.2) is 0 Å². The van der Waals surface area contributed by atoms with Crippen molar-refractivity contribution in [3.8, 4) is 0 Å². The molecule has 0 aliphatic heterocycles. The Labute approximate surface area is 79.9 Å². The van der Waals surface area contributed by atoms with Crippen LogP contribution in [0, 0.1) is 0 Å². The summed E-state index contributed by atoms with van der Waals surface area (Å²) in [6.45, 7) is 6.13. The van der Waals surface area contributed by atoms with E-state index in [0.29, 0.717) is 6.54 Å². The van der Waals surface area contributed by atoms with Crippen molar-refractivity contribution in [2.75, 3.05) is 20.2 Å². The summed E-state index contributed by atoms with van der Waals surface area (Å²) in [6.07, 6.45) is 0. The van der Waals surface area contributed by atoms with E-state index in [9.17, 15) is 4.79 Å². The van der Waals surface area contributed by atoms with Crippen molar-refractivity contribution in [2.24, 2.45) is 0 Å². The fourth-order valence-corrected chi connectivity index (χ4v) is 0.889. The monoisotopic (exact) mass is 188 g/mol. The maximum absolute atomic E-state index is 11.2. The van der Waals surface area contributed by atoms with Crippen LogP contribution in [0.2, 0.25) is 0 Å². The Morgan fingerprint density at radius 2 is 2.00 bits per heavy atom. The van der Waals surface area contributed by atoms with Crippen LogP contribution in [0.1, 0.15) is 20.8 Å². The molecule has 0 aliphatic rings. The van der Waals surface area contributed by atoms with Gasteiger partial charge in [0.1, 0.15) is 0 Å². The summed E-state index contributed by atoms with van der Waals surface area (Å²) < 4.78 is 0. The molecule has 0 saturated carbocycles. The first-order chi connectivity index (χ1) is 5.97. The molecular weight excluding hydrogens is 168 g/mol.